The van der Waals surface area contributed by atoms with Gasteiger partial charge >= 0.3 is 0 Å². The fourth-order valence-electron chi connectivity index (χ4n) is 3.94. The summed E-state index contributed by atoms with van der Waals surface area (Å²) in [6.45, 7) is 8.82. The van der Waals surface area contributed by atoms with Crippen molar-refractivity contribution in [2.75, 3.05) is 44.2 Å². The molecule has 27 heavy (non-hydrogen) atoms. The van der Waals surface area contributed by atoms with Gasteiger partial charge in [-0.15, -0.1) is 0 Å². The molecule has 0 spiro atoms. The molecule has 2 aromatic rings. The van der Waals surface area contributed by atoms with Gasteiger partial charge in [0.15, 0.2) is 0 Å². The average Bonchev–Trinajstić information content (AvgIpc) is 2.75. The molecule has 4 heteroatoms. The SMILES string of the molecule is CCN1CCN(c2cccc(C=C3CCCN=C3c3cccnc3)c2)CC1. The lowest BCUT2D eigenvalue weighted by molar-refractivity contribution is 0.271. The topological polar surface area (TPSA) is 31.7 Å². The lowest BCUT2D eigenvalue weighted by atomic mass is 9.95. The Morgan fingerprint density at radius 2 is 1.96 bits per heavy atom. The molecule has 2 aliphatic heterocycles. The first-order valence-corrected chi connectivity index (χ1v) is 10.1. The van der Waals surface area contributed by atoms with Crippen LogP contribution in [0.5, 0.6) is 0 Å². The maximum absolute atomic E-state index is 4.80. The minimum Gasteiger partial charge on any atom is -0.369 e. The summed E-state index contributed by atoms with van der Waals surface area (Å²) in [6, 6.07) is 13.0. The summed E-state index contributed by atoms with van der Waals surface area (Å²) in [6.07, 6.45) is 8.25. The number of hydrogen-bond donors (Lipinski definition) is 0. The van der Waals surface area contributed by atoms with Crippen molar-refractivity contribution in [1.82, 2.24) is 9.88 Å². The van der Waals surface area contributed by atoms with Crippen LogP contribution in [-0.4, -0.2) is 54.9 Å². The fourth-order valence-corrected chi connectivity index (χ4v) is 3.94. The van der Waals surface area contributed by atoms with Crippen LogP contribution in [0.25, 0.3) is 6.08 Å². The van der Waals surface area contributed by atoms with E-state index in [2.05, 4.69) is 58.1 Å². The molecule has 1 aromatic heterocycles. The summed E-state index contributed by atoms with van der Waals surface area (Å²) in [5.74, 6) is 0. The highest BCUT2D eigenvalue weighted by Crippen LogP contribution is 2.24. The van der Waals surface area contributed by atoms with Crippen molar-refractivity contribution in [3.8, 4) is 0 Å². The molecular weight excluding hydrogens is 332 g/mol. The molecule has 1 aromatic carbocycles. The van der Waals surface area contributed by atoms with Gasteiger partial charge in [-0.3, -0.25) is 9.98 Å². The molecule has 0 amide bonds. The maximum atomic E-state index is 4.80. The standard InChI is InChI=1S/C23H28N4/c1-2-26-12-14-27(15-13-26)22-9-3-6-19(17-22)16-20-7-5-11-25-23(20)21-8-4-10-24-18-21/h3-4,6,8-10,16-18H,2,5,7,11-15H2,1H3. The second kappa shape index (κ2) is 8.49. The summed E-state index contributed by atoms with van der Waals surface area (Å²) < 4.78 is 0. The second-order valence-corrected chi connectivity index (χ2v) is 7.26. The van der Waals surface area contributed by atoms with Gasteiger partial charge < -0.3 is 9.80 Å². The number of anilines is 1. The number of benzene rings is 1. The summed E-state index contributed by atoms with van der Waals surface area (Å²) in [7, 11) is 0. The van der Waals surface area contributed by atoms with Crippen molar-refractivity contribution in [1.29, 1.82) is 0 Å². The normalized spacial score (nSPS) is 20.0. The smallest absolute Gasteiger partial charge is 0.0694 e. The van der Waals surface area contributed by atoms with Crippen molar-refractivity contribution >= 4 is 17.5 Å². The molecule has 0 aliphatic carbocycles. The van der Waals surface area contributed by atoms with Gasteiger partial charge in [0.05, 0.1) is 5.71 Å². The van der Waals surface area contributed by atoms with Crippen LogP contribution in [-0.2, 0) is 0 Å². The van der Waals surface area contributed by atoms with E-state index in [0.29, 0.717) is 0 Å². The zero-order valence-corrected chi connectivity index (χ0v) is 16.1. The van der Waals surface area contributed by atoms with Crippen molar-refractivity contribution in [2.24, 2.45) is 4.99 Å². The lowest BCUT2D eigenvalue weighted by Gasteiger charge is -2.35. The molecule has 0 bridgehead atoms. The van der Waals surface area contributed by atoms with E-state index in [4.69, 9.17) is 4.99 Å². The Balaban J connectivity index is 1.56. The molecule has 0 saturated carbocycles. The van der Waals surface area contributed by atoms with Crippen LogP contribution >= 0.6 is 0 Å². The monoisotopic (exact) mass is 360 g/mol. The van der Waals surface area contributed by atoms with Gasteiger partial charge in [0.1, 0.15) is 0 Å². The van der Waals surface area contributed by atoms with Crippen LogP contribution in [0.4, 0.5) is 5.69 Å². The van der Waals surface area contributed by atoms with Crippen molar-refractivity contribution in [3.63, 3.8) is 0 Å². The van der Waals surface area contributed by atoms with E-state index in [0.717, 1.165) is 63.4 Å². The summed E-state index contributed by atoms with van der Waals surface area (Å²) in [4.78, 5) is 14.1. The van der Waals surface area contributed by atoms with Gasteiger partial charge in [-0.05, 0) is 60.9 Å². The Kier molecular flexibility index (Phi) is 5.64. The zero-order valence-electron chi connectivity index (χ0n) is 16.1. The number of pyridine rings is 1. The van der Waals surface area contributed by atoms with Crippen LogP contribution in [0.2, 0.25) is 0 Å². The number of aliphatic imine (C=N–C) groups is 1. The number of rotatable bonds is 4. The van der Waals surface area contributed by atoms with Crippen LogP contribution in [0.15, 0.2) is 59.4 Å². The van der Waals surface area contributed by atoms with Gasteiger partial charge in [-0.1, -0.05) is 19.1 Å². The number of likely N-dealkylation sites (N-methyl/N-ethyl adjacent to an activating group) is 1. The van der Waals surface area contributed by atoms with Crippen LogP contribution in [0.1, 0.15) is 30.9 Å². The number of nitrogens with zero attached hydrogens (tertiary/aromatic N) is 4. The predicted molar refractivity (Wildman–Crippen MR) is 114 cm³/mol. The van der Waals surface area contributed by atoms with Crippen LogP contribution in [0, 0.1) is 0 Å². The largest absolute Gasteiger partial charge is 0.369 e. The highest BCUT2D eigenvalue weighted by molar-refractivity contribution is 6.15. The van der Waals surface area contributed by atoms with E-state index in [1.165, 1.54) is 16.8 Å². The van der Waals surface area contributed by atoms with Gasteiger partial charge in [-0.2, -0.15) is 0 Å². The molecule has 140 valence electrons. The molecule has 4 nitrogen and oxygen atoms in total. The van der Waals surface area contributed by atoms with Gasteiger partial charge in [0.2, 0.25) is 0 Å². The molecular formula is C23H28N4. The quantitative estimate of drug-likeness (QED) is 0.829. The van der Waals surface area contributed by atoms with E-state index < -0.39 is 0 Å². The molecule has 4 rings (SSSR count). The third-order valence-corrected chi connectivity index (χ3v) is 5.51. The minimum absolute atomic E-state index is 0.906. The molecule has 1 fully saturated rings. The molecule has 2 aliphatic rings. The second-order valence-electron chi connectivity index (χ2n) is 7.26. The number of piperazine rings is 1. The van der Waals surface area contributed by atoms with Gasteiger partial charge in [-0.25, -0.2) is 0 Å². The van der Waals surface area contributed by atoms with Crippen molar-refractivity contribution < 1.29 is 0 Å². The Labute approximate surface area is 162 Å². The Morgan fingerprint density at radius 3 is 2.74 bits per heavy atom. The third kappa shape index (κ3) is 4.28. The molecule has 0 unspecified atom stereocenters. The first kappa shape index (κ1) is 17.9. The predicted octanol–water partition coefficient (Wildman–Crippen LogP) is 3.89. The first-order chi connectivity index (χ1) is 13.3. The fraction of sp³-hybridized carbons (Fsp3) is 0.391. The summed E-state index contributed by atoms with van der Waals surface area (Å²) in [5, 5.41) is 0. The van der Waals surface area contributed by atoms with E-state index >= 15 is 0 Å². The highest BCUT2D eigenvalue weighted by atomic mass is 15.3. The molecule has 0 atom stereocenters. The van der Waals surface area contributed by atoms with Crippen molar-refractivity contribution in [3.05, 3.63) is 65.5 Å². The van der Waals surface area contributed by atoms with Gasteiger partial charge in [0, 0.05) is 56.4 Å². The van der Waals surface area contributed by atoms with E-state index in [1.54, 1.807) is 0 Å². The van der Waals surface area contributed by atoms with Crippen LogP contribution in [0.3, 0.4) is 0 Å². The highest BCUT2D eigenvalue weighted by Gasteiger charge is 2.17. The van der Waals surface area contributed by atoms with Gasteiger partial charge in [0.25, 0.3) is 0 Å². The number of aromatic nitrogens is 1. The zero-order chi connectivity index (χ0) is 18.5. The Morgan fingerprint density at radius 1 is 1.07 bits per heavy atom. The Hall–Kier alpha value is -2.46. The number of allylic oxidation sites excluding steroid dienone is 1. The maximum Gasteiger partial charge on any atom is 0.0694 e. The summed E-state index contributed by atoms with van der Waals surface area (Å²) >= 11 is 0. The summed E-state index contributed by atoms with van der Waals surface area (Å²) in [5.41, 5.74) is 6.14. The average molecular weight is 361 g/mol. The van der Waals surface area contributed by atoms with Crippen LogP contribution < -0.4 is 4.90 Å². The van der Waals surface area contributed by atoms with E-state index in [-0.39, 0.29) is 0 Å². The third-order valence-electron chi connectivity index (χ3n) is 5.51. The van der Waals surface area contributed by atoms with E-state index in [9.17, 15) is 0 Å². The molecule has 3 heterocycles. The molecule has 1 saturated heterocycles. The Bertz CT molecular complexity index is 817. The lowest BCUT2D eigenvalue weighted by Crippen LogP contribution is -2.46. The molecule has 0 N–H and O–H groups in total. The number of hydrogen-bond acceptors (Lipinski definition) is 4. The first-order valence-electron chi connectivity index (χ1n) is 10.1. The van der Waals surface area contributed by atoms with E-state index in [1.807, 2.05) is 18.5 Å². The minimum atomic E-state index is 0.906. The van der Waals surface area contributed by atoms with Crippen molar-refractivity contribution in [2.45, 2.75) is 19.8 Å². The molecule has 0 radical (unpaired) electrons.